The van der Waals surface area contributed by atoms with Crippen LogP contribution in [0.25, 0.3) is 0 Å². The fraction of sp³-hybridized carbons (Fsp3) is 0.846. The van der Waals surface area contributed by atoms with Gasteiger partial charge in [0.15, 0.2) is 0 Å². The fourth-order valence-corrected chi connectivity index (χ4v) is 4.21. The lowest BCUT2D eigenvalue weighted by Crippen LogP contribution is -2.66. The zero-order valence-electron chi connectivity index (χ0n) is 11.7. The highest BCUT2D eigenvalue weighted by Crippen LogP contribution is 2.25. The number of piperazine rings is 1. The molecule has 0 aromatic rings. The number of rotatable bonds is 2. The van der Waals surface area contributed by atoms with Gasteiger partial charge in [0.05, 0.1) is 0 Å². The van der Waals surface area contributed by atoms with Crippen LogP contribution in [-0.2, 0) is 20.4 Å². The minimum atomic E-state index is -0.755. The van der Waals surface area contributed by atoms with Crippen molar-refractivity contribution in [2.45, 2.75) is 51.7 Å². The molecule has 0 aliphatic carbocycles. The van der Waals surface area contributed by atoms with E-state index in [1.165, 1.54) is 0 Å². The van der Waals surface area contributed by atoms with Crippen molar-refractivity contribution in [1.29, 1.82) is 0 Å². The van der Waals surface area contributed by atoms with Crippen LogP contribution >= 0.6 is 0 Å². The summed E-state index contributed by atoms with van der Waals surface area (Å²) in [6.45, 7) is 5.65. The molecule has 0 saturated carbocycles. The fourth-order valence-electron chi connectivity index (χ4n) is 2.94. The average Bonchev–Trinajstić information content (AvgIpc) is 2.34. The predicted octanol–water partition coefficient (Wildman–Crippen LogP) is 0.269. The van der Waals surface area contributed by atoms with Crippen molar-refractivity contribution in [3.63, 3.8) is 0 Å². The Kier molecular flexibility index (Phi) is 4.28. The standard InChI is InChI=1S/C13H22N2O3S/c1-8(2)11-12(16)14-9(3)13(17)15(11)10-4-6-19(18)7-5-10/h8-11H,4-7H2,1-3H3,(H,14,16). The third-order valence-electron chi connectivity index (χ3n) is 3.93. The molecule has 2 aliphatic rings. The SMILES string of the molecule is CC1NC(=O)C(C(C)C)N(C2CCS(=O)CC2)C1=O. The van der Waals surface area contributed by atoms with Gasteiger partial charge < -0.3 is 10.2 Å². The van der Waals surface area contributed by atoms with Crippen LogP contribution in [-0.4, -0.2) is 50.6 Å². The van der Waals surface area contributed by atoms with Gasteiger partial charge in [-0.2, -0.15) is 0 Å². The molecule has 0 spiro atoms. The monoisotopic (exact) mass is 286 g/mol. The first-order valence-electron chi connectivity index (χ1n) is 6.89. The molecule has 0 radical (unpaired) electrons. The highest BCUT2D eigenvalue weighted by molar-refractivity contribution is 7.85. The maximum absolute atomic E-state index is 12.4. The van der Waals surface area contributed by atoms with Crippen LogP contribution in [0.1, 0.15) is 33.6 Å². The maximum atomic E-state index is 12.4. The summed E-state index contributed by atoms with van der Waals surface area (Å²) in [5.41, 5.74) is 0. The van der Waals surface area contributed by atoms with E-state index in [2.05, 4.69) is 5.32 Å². The van der Waals surface area contributed by atoms with Crippen LogP contribution in [0.15, 0.2) is 0 Å². The number of nitrogens with one attached hydrogen (secondary N) is 1. The van der Waals surface area contributed by atoms with Crippen molar-refractivity contribution in [2.24, 2.45) is 5.92 Å². The number of hydrogen-bond donors (Lipinski definition) is 1. The summed E-state index contributed by atoms with van der Waals surface area (Å²) in [7, 11) is -0.755. The first-order valence-corrected chi connectivity index (χ1v) is 8.38. The Labute approximate surface area is 116 Å². The van der Waals surface area contributed by atoms with Gasteiger partial charge in [0.2, 0.25) is 11.8 Å². The zero-order chi connectivity index (χ0) is 14.2. The van der Waals surface area contributed by atoms with Crippen LogP contribution < -0.4 is 5.32 Å². The van der Waals surface area contributed by atoms with E-state index in [-0.39, 0.29) is 29.8 Å². The summed E-state index contributed by atoms with van der Waals surface area (Å²) < 4.78 is 11.4. The Morgan fingerprint density at radius 1 is 1.26 bits per heavy atom. The first kappa shape index (κ1) is 14.5. The van der Waals surface area contributed by atoms with Gasteiger partial charge >= 0.3 is 0 Å². The molecule has 2 aliphatic heterocycles. The molecule has 2 amide bonds. The second-order valence-corrected chi connectivity index (χ2v) is 7.44. The van der Waals surface area contributed by atoms with E-state index in [0.29, 0.717) is 11.5 Å². The van der Waals surface area contributed by atoms with Crippen LogP contribution in [0, 0.1) is 5.92 Å². The van der Waals surface area contributed by atoms with Gasteiger partial charge in [0, 0.05) is 28.3 Å². The number of amides is 2. The first-order chi connectivity index (χ1) is 8.91. The molecule has 2 fully saturated rings. The van der Waals surface area contributed by atoms with Crippen LogP contribution in [0.2, 0.25) is 0 Å². The van der Waals surface area contributed by atoms with Gasteiger partial charge in [-0.1, -0.05) is 13.8 Å². The minimum Gasteiger partial charge on any atom is -0.343 e. The molecular formula is C13H22N2O3S. The molecule has 2 saturated heterocycles. The number of nitrogens with zero attached hydrogens (tertiary/aromatic N) is 1. The van der Waals surface area contributed by atoms with Crippen molar-refractivity contribution in [2.75, 3.05) is 11.5 Å². The van der Waals surface area contributed by atoms with E-state index in [1.54, 1.807) is 11.8 Å². The Balaban J connectivity index is 2.23. The number of carbonyl (C=O) groups is 2. The van der Waals surface area contributed by atoms with Gasteiger partial charge in [-0.05, 0) is 25.7 Å². The van der Waals surface area contributed by atoms with Crippen molar-refractivity contribution < 1.29 is 13.8 Å². The van der Waals surface area contributed by atoms with E-state index in [9.17, 15) is 13.8 Å². The van der Waals surface area contributed by atoms with Crippen LogP contribution in [0.4, 0.5) is 0 Å². The Hall–Kier alpha value is -0.910. The molecule has 0 aromatic carbocycles. The summed E-state index contributed by atoms with van der Waals surface area (Å²) in [4.78, 5) is 26.3. The van der Waals surface area contributed by atoms with Gasteiger partial charge in [0.25, 0.3) is 0 Å². The molecule has 108 valence electrons. The molecule has 1 N–H and O–H groups in total. The predicted molar refractivity (Wildman–Crippen MR) is 74.0 cm³/mol. The van der Waals surface area contributed by atoms with Crippen molar-refractivity contribution in [3.05, 3.63) is 0 Å². The van der Waals surface area contributed by atoms with E-state index in [4.69, 9.17) is 0 Å². The second-order valence-electron chi connectivity index (χ2n) is 5.74. The molecular weight excluding hydrogens is 264 g/mol. The van der Waals surface area contributed by atoms with Gasteiger partial charge in [-0.3, -0.25) is 13.8 Å². The minimum absolute atomic E-state index is 0.00372. The van der Waals surface area contributed by atoms with Crippen LogP contribution in [0.5, 0.6) is 0 Å². The normalized spacial score (nSPS) is 36.5. The third kappa shape index (κ3) is 2.83. The maximum Gasteiger partial charge on any atom is 0.245 e. The topological polar surface area (TPSA) is 66.5 Å². The molecule has 0 aromatic heterocycles. The van der Waals surface area contributed by atoms with E-state index < -0.39 is 16.8 Å². The van der Waals surface area contributed by atoms with Crippen molar-refractivity contribution >= 4 is 22.6 Å². The Morgan fingerprint density at radius 3 is 2.37 bits per heavy atom. The number of carbonyl (C=O) groups excluding carboxylic acids is 2. The summed E-state index contributed by atoms with van der Waals surface area (Å²) in [6, 6.07) is -0.777. The average molecular weight is 286 g/mol. The molecule has 0 bridgehead atoms. The summed E-state index contributed by atoms with van der Waals surface area (Å²) >= 11 is 0. The third-order valence-corrected chi connectivity index (χ3v) is 5.32. The van der Waals surface area contributed by atoms with Gasteiger partial charge in [-0.25, -0.2) is 0 Å². The molecule has 6 heteroatoms. The van der Waals surface area contributed by atoms with Gasteiger partial charge in [0.1, 0.15) is 12.1 Å². The lowest BCUT2D eigenvalue weighted by molar-refractivity contribution is -0.153. The lowest BCUT2D eigenvalue weighted by atomic mass is 9.94. The molecule has 2 unspecified atom stereocenters. The lowest BCUT2D eigenvalue weighted by Gasteiger charge is -2.45. The smallest absolute Gasteiger partial charge is 0.245 e. The molecule has 5 nitrogen and oxygen atoms in total. The highest BCUT2D eigenvalue weighted by atomic mass is 32.2. The molecule has 19 heavy (non-hydrogen) atoms. The second kappa shape index (κ2) is 5.61. The molecule has 2 rings (SSSR count). The van der Waals surface area contributed by atoms with Crippen molar-refractivity contribution in [3.8, 4) is 0 Å². The molecule has 2 heterocycles. The van der Waals surface area contributed by atoms with Gasteiger partial charge in [-0.15, -0.1) is 0 Å². The summed E-state index contributed by atoms with van der Waals surface area (Å²) in [5, 5.41) is 2.75. The van der Waals surface area contributed by atoms with E-state index in [0.717, 1.165) is 12.8 Å². The molecule has 2 atom stereocenters. The summed E-state index contributed by atoms with van der Waals surface area (Å²) in [5.74, 6) is 1.29. The van der Waals surface area contributed by atoms with E-state index >= 15 is 0 Å². The quantitative estimate of drug-likeness (QED) is 0.792. The Morgan fingerprint density at radius 2 is 1.84 bits per heavy atom. The number of hydrogen-bond acceptors (Lipinski definition) is 3. The highest BCUT2D eigenvalue weighted by Gasteiger charge is 2.43. The zero-order valence-corrected chi connectivity index (χ0v) is 12.5. The van der Waals surface area contributed by atoms with Crippen LogP contribution in [0.3, 0.4) is 0 Å². The largest absolute Gasteiger partial charge is 0.343 e. The van der Waals surface area contributed by atoms with Crippen molar-refractivity contribution in [1.82, 2.24) is 10.2 Å². The van der Waals surface area contributed by atoms with E-state index in [1.807, 2.05) is 13.8 Å². The summed E-state index contributed by atoms with van der Waals surface area (Å²) in [6.07, 6.45) is 1.48. The Bertz CT molecular complexity index is 401.